The van der Waals surface area contributed by atoms with Gasteiger partial charge in [-0.25, -0.2) is 4.98 Å². The Labute approximate surface area is 205 Å². The van der Waals surface area contributed by atoms with Crippen LogP contribution >= 0.6 is 15.9 Å². The molecule has 1 aliphatic rings. The second-order valence-corrected chi connectivity index (χ2v) is 9.14. The number of nitrogens with zero attached hydrogens (tertiary/aromatic N) is 3. The molecule has 174 valence electrons. The lowest BCUT2D eigenvalue weighted by atomic mass is 9.95. The smallest absolute Gasteiger partial charge is 0.229 e. The van der Waals surface area contributed by atoms with Crippen molar-refractivity contribution in [2.75, 3.05) is 11.9 Å². The van der Waals surface area contributed by atoms with E-state index >= 15 is 0 Å². The number of nitrogens with two attached hydrogens (primary N) is 1. The number of hydrogen-bond donors (Lipinski definition) is 2. The number of hydrogen-bond acceptors (Lipinski definition) is 6. The normalized spacial score (nSPS) is 16.5. The molecule has 1 fully saturated rings. The monoisotopic (exact) mass is 521 g/mol. The highest BCUT2D eigenvalue weighted by molar-refractivity contribution is 9.10. The first-order valence-corrected chi connectivity index (χ1v) is 11.8. The molecule has 0 radical (unpaired) electrons. The molecular weight excluding hydrogens is 498 g/mol. The maximum Gasteiger partial charge on any atom is 0.229 e. The number of benzene rings is 2. The van der Waals surface area contributed by atoms with Crippen LogP contribution in [-0.4, -0.2) is 33.2 Å². The molecule has 4 aromatic rings. The predicted octanol–water partition coefficient (Wildman–Crippen LogP) is 5.01. The molecule has 1 amide bonds. The predicted molar refractivity (Wildman–Crippen MR) is 133 cm³/mol. The lowest BCUT2D eigenvalue weighted by Crippen LogP contribution is -2.31. The van der Waals surface area contributed by atoms with Gasteiger partial charge in [0, 0.05) is 42.1 Å². The molecule has 1 aliphatic heterocycles. The fourth-order valence-corrected chi connectivity index (χ4v) is 4.46. The van der Waals surface area contributed by atoms with Crippen molar-refractivity contribution in [3.63, 3.8) is 0 Å². The van der Waals surface area contributed by atoms with Crippen LogP contribution < -0.4 is 15.8 Å². The van der Waals surface area contributed by atoms with Gasteiger partial charge in [0.15, 0.2) is 0 Å². The Bertz CT molecular complexity index is 1330. The molecule has 2 unspecified atom stereocenters. The van der Waals surface area contributed by atoms with Crippen molar-refractivity contribution >= 4 is 44.5 Å². The van der Waals surface area contributed by atoms with Crippen molar-refractivity contribution in [1.29, 1.82) is 0 Å². The van der Waals surface area contributed by atoms with Crippen molar-refractivity contribution in [1.82, 2.24) is 14.5 Å². The zero-order valence-electron chi connectivity index (χ0n) is 18.6. The van der Waals surface area contributed by atoms with Gasteiger partial charge >= 0.3 is 0 Å². The van der Waals surface area contributed by atoms with E-state index in [1.54, 1.807) is 18.3 Å². The molecule has 0 saturated carbocycles. The van der Waals surface area contributed by atoms with Crippen molar-refractivity contribution in [3.8, 4) is 11.5 Å². The van der Waals surface area contributed by atoms with E-state index in [9.17, 15) is 4.79 Å². The molecule has 8 nitrogen and oxygen atoms in total. The first kappa shape index (κ1) is 22.4. The largest absolute Gasteiger partial charge is 0.457 e. The maximum atomic E-state index is 12.1. The van der Waals surface area contributed by atoms with Crippen molar-refractivity contribution in [2.45, 2.75) is 24.9 Å². The van der Waals surface area contributed by atoms with Crippen LogP contribution in [0.1, 0.15) is 24.5 Å². The summed E-state index contributed by atoms with van der Waals surface area (Å²) in [5, 5.41) is 3.34. The summed E-state index contributed by atoms with van der Waals surface area (Å²) in [5.74, 6) is 0.874. The van der Waals surface area contributed by atoms with Crippen molar-refractivity contribution < 1.29 is 14.3 Å². The third-order valence-electron chi connectivity index (χ3n) is 5.90. The summed E-state index contributed by atoms with van der Waals surface area (Å²) >= 11 is 3.45. The van der Waals surface area contributed by atoms with Crippen LogP contribution in [0.25, 0.3) is 11.0 Å². The van der Waals surface area contributed by atoms with Gasteiger partial charge in [-0.15, -0.1) is 0 Å². The molecule has 0 aliphatic carbocycles. The summed E-state index contributed by atoms with van der Waals surface area (Å²) in [4.78, 5) is 21.2. The van der Waals surface area contributed by atoms with Crippen LogP contribution in [0.4, 0.5) is 11.6 Å². The van der Waals surface area contributed by atoms with E-state index in [-0.39, 0.29) is 6.10 Å². The van der Waals surface area contributed by atoms with E-state index in [1.807, 2.05) is 54.1 Å². The number of imidazole rings is 1. The van der Waals surface area contributed by atoms with Crippen LogP contribution in [0.5, 0.6) is 11.5 Å². The van der Waals surface area contributed by atoms with Gasteiger partial charge in [-0.05, 0) is 55.3 Å². The first-order valence-electron chi connectivity index (χ1n) is 11.0. The summed E-state index contributed by atoms with van der Waals surface area (Å²) in [6.07, 6.45) is 3.07. The molecule has 3 heterocycles. The summed E-state index contributed by atoms with van der Waals surface area (Å²) in [5.41, 5.74) is 8.93. The average molecular weight is 522 g/mol. The number of aromatic nitrogens is 3. The topological polar surface area (TPSA) is 104 Å². The fraction of sp³-hybridized carbons (Fsp3) is 0.240. The zero-order chi connectivity index (χ0) is 23.7. The van der Waals surface area contributed by atoms with E-state index in [2.05, 4.69) is 26.2 Å². The lowest BCUT2D eigenvalue weighted by Gasteiger charge is -2.19. The number of halogens is 1. The minimum Gasteiger partial charge on any atom is -0.457 e. The molecule has 3 N–H and O–H groups in total. The molecule has 2 aromatic carbocycles. The molecule has 34 heavy (non-hydrogen) atoms. The Morgan fingerprint density at radius 2 is 2.00 bits per heavy atom. The van der Waals surface area contributed by atoms with Gasteiger partial charge in [-0.3, -0.25) is 9.78 Å². The van der Waals surface area contributed by atoms with Gasteiger partial charge in [0.05, 0.1) is 22.8 Å². The molecule has 2 aromatic heterocycles. The molecule has 0 bridgehead atoms. The van der Waals surface area contributed by atoms with E-state index in [1.165, 1.54) is 0 Å². The number of fused-ring (bicyclic) bond motifs is 1. The number of anilines is 2. The van der Waals surface area contributed by atoms with Gasteiger partial charge in [0.2, 0.25) is 11.9 Å². The van der Waals surface area contributed by atoms with Crippen LogP contribution in [0.3, 0.4) is 0 Å². The highest BCUT2D eigenvalue weighted by Gasteiger charge is 2.33. The second kappa shape index (κ2) is 9.44. The standard InChI is InChI=1S/C25H24BrN5O3/c1-31-21-9-8-17(13-19(21)30-25(31)29-16-6-4-15(26)5-7-16)34-18-10-11-28-20(14-18)23(24(27)32)22-3-2-12-33-22/h4-11,13-14,22-23H,2-3,12H2,1H3,(H2,27,32)(H,29,30). The number of rotatable bonds is 7. The quantitative estimate of drug-likeness (QED) is 0.354. The van der Waals surface area contributed by atoms with E-state index in [0.29, 0.717) is 23.8 Å². The minimum absolute atomic E-state index is 0.248. The number of nitrogens with one attached hydrogen (secondary N) is 1. The Morgan fingerprint density at radius 1 is 1.21 bits per heavy atom. The molecule has 5 rings (SSSR count). The van der Waals surface area contributed by atoms with E-state index in [0.717, 1.165) is 40.0 Å². The molecule has 9 heteroatoms. The number of aryl methyl sites for hydroxylation is 1. The zero-order valence-corrected chi connectivity index (χ0v) is 20.2. The third kappa shape index (κ3) is 4.62. The van der Waals surface area contributed by atoms with Gasteiger partial charge in [0.25, 0.3) is 0 Å². The first-order chi connectivity index (χ1) is 16.5. The van der Waals surface area contributed by atoms with E-state index in [4.69, 9.17) is 20.2 Å². The van der Waals surface area contributed by atoms with Gasteiger partial charge in [-0.2, -0.15) is 0 Å². The number of carbonyl (C=O) groups is 1. The van der Waals surface area contributed by atoms with Crippen LogP contribution in [-0.2, 0) is 16.6 Å². The van der Waals surface area contributed by atoms with E-state index < -0.39 is 11.8 Å². The third-order valence-corrected chi connectivity index (χ3v) is 6.43. The fourth-order valence-electron chi connectivity index (χ4n) is 4.20. The van der Waals surface area contributed by atoms with Gasteiger partial charge in [0.1, 0.15) is 17.4 Å². The molecule has 0 spiro atoms. The summed E-state index contributed by atoms with van der Waals surface area (Å²) in [6.45, 7) is 0.632. The highest BCUT2D eigenvalue weighted by Crippen LogP contribution is 2.32. The number of primary amides is 1. The maximum absolute atomic E-state index is 12.1. The van der Waals surface area contributed by atoms with Crippen molar-refractivity contribution in [3.05, 3.63) is 71.0 Å². The molecule has 2 atom stereocenters. The molecular formula is C25H24BrN5O3. The second-order valence-electron chi connectivity index (χ2n) is 8.23. The number of ether oxygens (including phenoxy) is 2. The van der Waals surface area contributed by atoms with Gasteiger partial charge < -0.3 is 25.1 Å². The van der Waals surface area contributed by atoms with Crippen molar-refractivity contribution in [2.24, 2.45) is 12.8 Å². The number of pyridine rings is 1. The minimum atomic E-state index is -0.600. The summed E-state index contributed by atoms with van der Waals surface area (Å²) < 4.78 is 14.8. The molecule has 1 saturated heterocycles. The van der Waals surface area contributed by atoms with Crippen LogP contribution in [0, 0.1) is 0 Å². The summed E-state index contributed by atoms with van der Waals surface area (Å²) in [6, 6.07) is 17.1. The summed E-state index contributed by atoms with van der Waals surface area (Å²) in [7, 11) is 1.96. The average Bonchev–Trinajstić information content (AvgIpc) is 3.44. The van der Waals surface area contributed by atoms with Crippen LogP contribution in [0.15, 0.2) is 65.3 Å². The Morgan fingerprint density at radius 3 is 2.74 bits per heavy atom. The number of carbonyl (C=O) groups excluding carboxylic acids is 1. The lowest BCUT2D eigenvalue weighted by molar-refractivity contribution is -0.122. The Balaban J connectivity index is 1.38. The van der Waals surface area contributed by atoms with Crippen LogP contribution in [0.2, 0.25) is 0 Å². The Hall–Kier alpha value is -3.43. The Kier molecular flexibility index (Phi) is 6.21. The number of amides is 1. The van der Waals surface area contributed by atoms with Gasteiger partial charge in [-0.1, -0.05) is 15.9 Å². The highest BCUT2D eigenvalue weighted by atomic mass is 79.9. The SMILES string of the molecule is Cn1c(Nc2ccc(Br)cc2)nc2cc(Oc3ccnc(C(C(N)=O)C4CCCO4)c3)ccc21.